The van der Waals surface area contributed by atoms with Gasteiger partial charge in [0.2, 0.25) is 0 Å². The number of aromatic nitrogens is 2. The Hall–Kier alpha value is -2.08. The van der Waals surface area contributed by atoms with E-state index in [1.165, 1.54) is 36.9 Å². The maximum absolute atomic E-state index is 12.1. The third-order valence-corrected chi connectivity index (χ3v) is 5.73. The molecule has 3 rings (SSSR count). The zero-order valence-electron chi connectivity index (χ0n) is 13.3. The van der Waals surface area contributed by atoms with E-state index in [1.807, 2.05) is 0 Å². The van der Waals surface area contributed by atoms with Crippen molar-refractivity contribution in [3.63, 3.8) is 0 Å². The second kappa shape index (κ2) is 7.87. The zero-order valence-corrected chi connectivity index (χ0v) is 14.9. The Kier molecular flexibility index (Phi) is 5.58. The van der Waals surface area contributed by atoms with Gasteiger partial charge in [-0.2, -0.15) is 9.57 Å². The molecule has 0 spiro atoms. The third kappa shape index (κ3) is 4.31. The van der Waals surface area contributed by atoms with E-state index in [0.717, 1.165) is 41.7 Å². The minimum atomic E-state index is -0.684. The number of amides is 2. The molecule has 5 N–H and O–H groups in total. The van der Waals surface area contributed by atoms with Crippen LogP contribution >= 0.6 is 23.5 Å². The average Bonchev–Trinajstić information content (AvgIpc) is 3.25. The van der Waals surface area contributed by atoms with Crippen molar-refractivity contribution in [2.45, 2.75) is 19.3 Å². The first-order valence-electron chi connectivity index (χ1n) is 7.71. The number of hydrogen-bond acceptors (Lipinski definition) is 8. The second-order valence-corrected chi connectivity index (χ2v) is 7.51. The molecule has 1 aliphatic rings. The SMILES string of the molecule is NC(=O)c1cc(N(O)SN2CCCCC2)sc1NC(=O)c1cc[nH]n1. The van der Waals surface area contributed by atoms with Crippen LogP contribution in [0.1, 0.15) is 40.1 Å². The number of nitrogens with zero attached hydrogens (tertiary/aromatic N) is 3. The Morgan fingerprint density at radius 1 is 1.40 bits per heavy atom. The lowest BCUT2D eigenvalue weighted by atomic mass is 10.2. The highest BCUT2D eigenvalue weighted by atomic mass is 32.2. The molecule has 1 fully saturated rings. The van der Waals surface area contributed by atoms with E-state index in [4.69, 9.17) is 5.73 Å². The maximum Gasteiger partial charge on any atom is 0.276 e. The van der Waals surface area contributed by atoms with Gasteiger partial charge < -0.3 is 11.1 Å². The van der Waals surface area contributed by atoms with E-state index in [-0.39, 0.29) is 16.3 Å². The zero-order chi connectivity index (χ0) is 17.8. The van der Waals surface area contributed by atoms with Crippen molar-refractivity contribution in [2.75, 3.05) is 22.9 Å². The summed E-state index contributed by atoms with van der Waals surface area (Å²) in [4.78, 5) is 23.8. The van der Waals surface area contributed by atoms with E-state index in [0.29, 0.717) is 5.00 Å². The summed E-state index contributed by atoms with van der Waals surface area (Å²) in [7, 11) is 0. The predicted octanol–water partition coefficient (Wildman–Crippen LogP) is 2.07. The molecular formula is C14H18N6O3S2. The number of nitrogens with one attached hydrogen (secondary N) is 2. The summed E-state index contributed by atoms with van der Waals surface area (Å²) < 4.78 is 3.04. The number of carbonyl (C=O) groups excluding carboxylic acids is 2. The first-order chi connectivity index (χ1) is 12.0. The Morgan fingerprint density at radius 3 is 2.80 bits per heavy atom. The minimum absolute atomic E-state index is 0.141. The van der Waals surface area contributed by atoms with Gasteiger partial charge in [0.1, 0.15) is 15.7 Å². The minimum Gasteiger partial charge on any atom is -0.366 e. The monoisotopic (exact) mass is 382 g/mol. The number of thiophene rings is 1. The lowest BCUT2D eigenvalue weighted by molar-refractivity contribution is 0.100. The highest BCUT2D eigenvalue weighted by molar-refractivity contribution is 7.98. The van der Waals surface area contributed by atoms with E-state index in [9.17, 15) is 14.8 Å². The molecule has 0 atom stereocenters. The van der Waals surface area contributed by atoms with E-state index in [1.54, 1.807) is 0 Å². The first kappa shape index (κ1) is 17.7. The normalized spacial score (nSPS) is 15.1. The summed E-state index contributed by atoms with van der Waals surface area (Å²) in [5.41, 5.74) is 5.71. The number of rotatable bonds is 6. The topological polar surface area (TPSA) is 128 Å². The molecule has 2 aromatic rings. The van der Waals surface area contributed by atoms with Crippen molar-refractivity contribution >= 4 is 45.3 Å². The molecule has 2 amide bonds. The van der Waals surface area contributed by atoms with Crippen molar-refractivity contribution < 1.29 is 14.8 Å². The third-order valence-electron chi connectivity index (χ3n) is 3.64. The molecular weight excluding hydrogens is 364 g/mol. The molecule has 134 valence electrons. The lowest BCUT2D eigenvalue weighted by Gasteiger charge is -2.27. The van der Waals surface area contributed by atoms with Gasteiger partial charge in [-0.1, -0.05) is 17.8 Å². The Balaban J connectivity index is 1.74. The van der Waals surface area contributed by atoms with Gasteiger partial charge in [-0.15, -0.1) is 0 Å². The van der Waals surface area contributed by atoms with E-state index in [2.05, 4.69) is 19.8 Å². The largest absolute Gasteiger partial charge is 0.366 e. The van der Waals surface area contributed by atoms with Gasteiger partial charge in [-0.25, -0.2) is 4.31 Å². The molecule has 1 saturated heterocycles. The van der Waals surface area contributed by atoms with Crippen LogP contribution in [0.5, 0.6) is 0 Å². The second-order valence-electron chi connectivity index (χ2n) is 5.45. The van der Waals surface area contributed by atoms with Gasteiger partial charge in [0.25, 0.3) is 11.8 Å². The van der Waals surface area contributed by atoms with Crippen molar-refractivity contribution in [1.82, 2.24) is 14.5 Å². The van der Waals surface area contributed by atoms with Crippen LogP contribution in [0.4, 0.5) is 10.0 Å². The summed E-state index contributed by atoms with van der Waals surface area (Å²) in [6.07, 6.45) is 4.89. The molecule has 3 heterocycles. The fraction of sp³-hybridized carbons (Fsp3) is 0.357. The molecule has 0 aliphatic carbocycles. The van der Waals surface area contributed by atoms with Gasteiger partial charge in [-0.05, 0) is 25.0 Å². The molecule has 25 heavy (non-hydrogen) atoms. The van der Waals surface area contributed by atoms with Crippen LogP contribution in [0.3, 0.4) is 0 Å². The van der Waals surface area contributed by atoms with Crippen molar-refractivity contribution in [1.29, 1.82) is 0 Å². The van der Waals surface area contributed by atoms with Crippen LogP contribution in [-0.4, -0.2) is 44.6 Å². The quantitative estimate of drug-likeness (QED) is 0.445. The number of H-pyrrole nitrogens is 1. The molecule has 11 heteroatoms. The number of hydrogen-bond donors (Lipinski definition) is 4. The lowest BCUT2D eigenvalue weighted by Crippen LogP contribution is -2.27. The summed E-state index contributed by atoms with van der Waals surface area (Å²) in [6, 6.07) is 2.97. The number of carbonyl (C=O) groups is 2. The molecule has 1 aliphatic heterocycles. The van der Waals surface area contributed by atoms with Crippen LogP contribution in [0.15, 0.2) is 18.3 Å². The van der Waals surface area contributed by atoms with Crippen LogP contribution in [0, 0.1) is 0 Å². The van der Waals surface area contributed by atoms with Crippen LogP contribution in [0.2, 0.25) is 0 Å². The van der Waals surface area contributed by atoms with Gasteiger partial charge >= 0.3 is 0 Å². The molecule has 0 radical (unpaired) electrons. The Bertz CT molecular complexity index is 742. The standard InChI is InChI=1S/C14H18N6O3S2/c15-12(21)9-8-11(20(23)25-19-6-2-1-3-7-19)24-14(9)17-13(22)10-4-5-16-18-10/h4-5,8,23H,1-3,6-7H2,(H2,15,21)(H,16,18)(H,17,22). The maximum atomic E-state index is 12.1. The van der Waals surface area contributed by atoms with Gasteiger partial charge in [0.05, 0.1) is 17.7 Å². The number of anilines is 2. The summed E-state index contributed by atoms with van der Waals surface area (Å²) in [5, 5.41) is 19.9. The number of aromatic amines is 1. The van der Waals surface area contributed by atoms with E-state index < -0.39 is 11.8 Å². The number of nitrogens with two attached hydrogens (primary N) is 1. The fourth-order valence-electron chi connectivity index (χ4n) is 2.40. The molecule has 9 nitrogen and oxygen atoms in total. The van der Waals surface area contributed by atoms with Crippen molar-refractivity contribution in [3.05, 3.63) is 29.6 Å². The summed E-state index contributed by atoms with van der Waals surface area (Å²) >= 11 is 2.24. The highest BCUT2D eigenvalue weighted by Gasteiger charge is 2.22. The highest BCUT2D eigenvalue weighted by Crippen LogP contribution is 2.37. The Labute approximate surface area is 152 Å². The van der Waals surface area contributed by atoms with Crippen molar-refractivity contribution in [2.24, 2.45) is 5.73 Å². The van der Waals surface area contributed by atoms with Gasteiger partial charge in [0.15, 0.2) is 0 Å². The molecule has 0 unspecified atom stereocenters. The predicted molar refractivity (Wildman–Crippen MR) is 96.7 cm³/mol. The molecule has 0 aromatic carbocycles. The van der Waals surface area contributed by atoms with Crippen LogP contribution < -0.4 is 15.5 Å². The van der Waals surface area contributed by atoms with Crippen LogP contribution in [-0.2, 0) is 0 Å². The van der Waals surface area contributed by atoms with Crippen molar-refractivity contribution in [3.8, 4) is 0 Å². The Morgan fingerprint density at radius 2 is 2.16 bits per heavy atom. The average molecular weight is 382 g/mol. The van der Waals surface area contributed by atoms with Gasteiger partial charge in [0, 0.05) is 19.3 Å². The summed E-state index contributed by atoms with van der Waals surface area (Å²) in [5.74, 6) is -1.15. The van der Waals surface area contributed by atoms with Crippen LogP contribution in [0.25, 0.3) is 0 Å². The molecule has 2 aromatic heterocycles. The van der Waals surface area contributed by atoms with E-state index >= 15 is 0 Å². The first-order valence-corrected chi connectivity index (χ1v) is 9.26. The number of piperidine rings is 1. The molecule has 0 bridgehead atoms. The smallest absolute Gasteiger partial charge is 0.276 e. The number of primary amides is 1. The van der Waals surface area contributed by atoms with Gasteiger partial charge in [-0.3, -0.25) is 19.9 Å². The summed E-state index contributed by atoms with van der Waals surface area (Å²) in [6.45, 7) is 1.77. The molecule has 0 saturated carbocycles. The fourth-order valence-corrected chi connectivity index (χ4v) is 4.26.